The van der Waals surface area contributed by atoms with Gasteiger partial charge in [-0.05, 0) is 49.7 Å². The summed E-state index contributed by atoms with van der Waals surface area (Å²) in [6.07, 6.45) is 2.78. The number of nitrogens with one attached hydrogen (secondary N) is 1. The number of aryl methyl sites for hydroxylation is 1. The van der Waals surface area contributed by atoms with Gasteiger partial charge in [0.15, 0.2) is 11.5 Å². The molecule has 0 fully saturated rings. The number of thiazole rings is 1. The van der Waals surface area contributed by atoms with Gasteiger partial charge in [0, 0.05) is 12.7 Å². The molecule has 6 heteroatoms. The number of nitrogens with zero attached hydrogens (tertiary/aromatic N) is 1. The van der Waals surface area contributed by atoms with Crippen LogP contribution in [0.1, 0.15) is 16.3 Å². The van der Waals surface area contributed by atoms with Crippen LogP contribution < -0.4 is 14.8 Å². The van der Waals surface area contributed by atoms with E-state index in [1.54, 1.807) is 25.6 Å². The van der Waals surface area contributed by atoms with Crippen molar-refractivity contribution in [3.8, 4) is 22.1 Å². The van der Waals surface area contributed by atoms with Crippen molar-refractivity contribution >= 4 is 11.3 Å². The van der Waals surface area contributed by atoms with E-state index in [1.165, 1.54) is 5.56 Å². The van der Waals surface area contributed by atoms with Crippen molar-refractivity contribution in [1.29, 1.82) is 0 Å². The second-order valence-electron chi connectivity index (χ2n) is 5.64. The van der Waals surface area contributed by atoms with Gasteiger partial charge in [0.25, 0.3) is 0 Å². The van der Waals surface area contributed by atoms with Crippen LogP contribution in [0.2, 0.25) is 0 Å². The molecule has 0 saturated heterocycles. The highest BCUT2D eigenvalue weighted by Crippen LogP contribution is 2.28. The van der Waals surface area contributed by atoms with Crippen molar-refractivity contribution in [2.24, 2.45) is 0 Å². The fourth-order valence-electron chi connectivity index (χ4n) is 2.54. The van der Waals surface area contributed by atoms with E-state index in [0.29, 0.717) is 0 Å². The van der Waals surface area contributed by atoms with E-state index >= 15 is 0 Å². The van der Waals surface area contributed by atoms with Gasteiger partial charge in [0.05, 0.1) is 19.1 Å². The van der Waals surface area contributed by atoms with Crippen LogP contribution in [0.25, 0.3) is 10.6 Å². The molecule has 0 spiro atoms. The molecule has 2 heterocycles. The number of hydrogen-bond acceptors (Lipinski definition) is 6. The molecule has 3 aromatic rings. The van der Waals surface area contributed by atoms with Crippen molar-refractivity contribution in [3.63, 3.8) is 0 Å². The molecule has 0 aliphatic rings. The molecular formula is C19H22N2O3S. The van der Waals surface area contributed by atoms with Gasteiger partial charge in [-0.3, -0.25) is 0 Å². The lowest BCUT2D eigenvalue weighted by Crippen LogP contribution is -2.16. The molecule has 5 nitrogen and oxygen atoms in total. The Kier molecular flexibility index (Phi) is 5.73. The van der Waals surface area contributed by atoms with E-state index in [-0.39, 0.29) is 0 Å². The molecule has 0 saturated carbocycles. The van der Waals surface area contributed by atoms with Crippen LogP contribution in [0.15, 0.2) is 40.9 Å². The largest absolute Gasteiger partial charge is 0.493 e. The van der Waals surface area contributed by atoms with E-state index in [4.69, 9.17) is 13.9 Å². The summed E-state index contributed by atoms with van der Waals surface area (Å²) in [6, 6.07) is 9.96. The first-order chi connectivity index (χ1) is 12.2. The summed E-state index contributed by atoms with van der Waals surface area (Å²) in [5, 5.41) is 4.48. The average Bonchev–Trinajstić information content (AvgIpc) is 3.27. The Morgan fingerprint density at radius 2 is 1.96 bits per heavy atom. The van der Waals surface area contributed by atoms with Gasteiger partial charge in [-0.1, -0.05) is 6.07 Å². The van der Waals surface area contributed by atoms with Crippen molar-refractivity contribution in [1.82, 2.24) is 10.3 Å². The number of benzene rings is 1. The number of ether oxygens (including phenoxy) is 2. The first kappa shape index (κ1) is 17.5. The van der Waals surface area contributed by atoms with Gasteiger partial charge < -0.3 is 19.2 Å². The Bertz CT molecular complexity index is 826. The number of aromatic nitrogens is 1. The highest BCUT2D eigenvalue weighted by molar-refractivity contribution is 7.15. The zero-order valence-electron chi connectivity index (χ0n) is 14.7. The lowest BCUT2D eigenvalue weighted by Gasteiger charge is -2.09. The molecule has 25 heavy (non-hydrogen) atoms. The third-order valence-corrected chi connectivity index (χ3v) is 4.86. The summed E-state index contributed by atoms with van der Waals surface area (Å²) in [4.78, 5) is 5.52. The smallest absolute Gasteiger partial charge is 0.160 e. The van der Waals surface area contributed by atoms with Gasteiger partial charge in [-0.2, -0.15) is 0 Å². The van der Waals surface area contributed by atoms with Crippen molar-refractivity contribution in [2.75, 3.05) is 20.8 Å². The molecule has 1 aromatic carbocycles. The molecule has 0 aliphatic carbocycles. The van der Waals surface area contributed by atoms with Gasteiger partial charge in [0.2, 0.25) is 0 Å². The summed E-state index contributed by atoms with van der Waals surface area (Å²) in [5.41, 5.74) is 1.20. The summed E-state index contributed by atoms with van der Waals surface area (Å²) >= 11 is 1.65. The molecule has 3 rings (SSSR count). The minimum atomic E-state index is 0.748. The molecule has 0 radical (unpaired) electrons. The molecule has 0 bridgehead atoms. The standard InChI is InChI=1S/C19H22N2O3S/c1-13-4-6-16(24-13)18-11-21-19(25-18)12-20-9-8-14-5-7-15(22-2)17(10-14)23-3/h4-7,10-11,20H,8-9,12H2,1-3H3. The van der Waals surface area contributed by atoms with Crippen molar-refractivity contribution in [3.05, 3.63) is 52.9 Å². The van der Waals surface area contributed by atoms with E-state index in [1.807, 2.05) is 37.4 Å². The van der Waals surface area contributed by atoms with E-state index in [9.17, 15) is 0 Å². The topological polar surface area (TPSA) is 56.5 Å². The van der Waals surface area contributed by atoms with Crippen LogP contribution in [0.3, 0.4) is 0 Å². The van der Waals surface area contributed by atoms with Crippen LogP contribution in [0.5, 0.6) is 11.5 Å². The van der Waals surface area contributed by atoms with Crippen LogP contribution in [-0.4, -0.2) is 25.7 Å². The zero-order valence-corrected chi connectivity index (χ0v) is 15.5. The third kappa shape index (κ3) is 4.41. The van der Waals surface area contributed by atoms with Gasteiger partial charge in [-0.25, -0.2) is 4.98 Å². The quantitative estimate of drug-likeness (QED) is 0.615. The summed E-state index contributed by atoms with van der Waals surface area (Å²) in [6.45, 7) is 3.56. The van der Waals surface area contributed by atoms with Gasteiger partial charge in [0.1, 0.15) is 16.5 Å². The van der Waals surface area contributed by atoms with Crippen LogP contribution in [0.4, 0.5) is 0 Å². The minimum Gasteiger partial charge on any atom is -0.493 e. The van der Waals surface area contributed by atoms with E-state index < -0.39 is 0 Å². The first-order valence-corrected chi connectivity index (χ1v) is 8.94. The lowest BCUT2D eigenvalue weighted by molar-refractivity contribution is 0.354. The average molecular weight is 358 g/mol. The number of hydrogen-bond donors (Lipinski definition) is 1. The van der Waals surface area contributed by atoms with Crippen LogP contribution in [-0.2, 0) is 13.0 Å². The Morgan fingerprint density at radius 1 is 1.12 bits per heavy atom. The maximum atomic E-state index is 5.63. The number of rotatable bonds is 8. The van der Waals surface area contributed by atoms with Crippen molar-refractivity contribution in [2.45, 2.75) is 19.9 Å². The molecule has 0 aliphatic heterocycles. The SMILES string of the molecule is COc1ccc(CCNCc2ncc(-c3ccc(C)o3)s2)cc1OC. The van der Waals surface area contributed by atoms with Gasteiger partial charge >= 0.3 is 0 Å². The molecule has 0 unspecified atom stereocenters. The van der Waals surface area contributed by atoms with Crippen LogP contribution >= 0.6 is 11.3 Å². The maximum absolute atomic E-state index is 5.63. The second-order valence-corrected chi connectivity index (χ2v) is 6.76. The molecule has 132 valence electrons. The minimum absolute atomic E-state index is 0.748. The normalized spacial score (nSPS) is 10.8. The van der Waals surface area contributed by atoms with Crippen LogP contribution in [0, 0.1) is 6.92 Å². The molecule has 1 N–H and O–H groups in total. The Labute approximate surface area is 151 Å². The Hall–Kier alpha value is -2.31. The van der Waals surface area contributed by atoms with Crippen molar-refractivity contribution < 1.29 is 13.9 Å². The highest BCUT2D eigenvalue weighted by Gasteiger charge is 2.08. The van der Waals surface area contributed by atoms with Gasteiger partial charge in [-0.15, -0.1) is 11.3 Å². The molecule has 2 aromatic heterocycles. The van der Waals surface area contributed by atoms with E-state index in [2.05, 4.69) is 16.4 Å². The highest BCUT2D eigenvalue weighted by atomic mass is 32.1. The predicted octanol–water partition coefficient (Wildman–Crippen LogP) is 4.06. The lowest BCUT2D eigenvalue weighted by atomic mass is 10.1. The molecular weight excluding hydrogens is 336 g/mol. The predicted molar refractivity (Wildman–Crippen MR) is 99.5 cm³/mol. The Morgan fingerprint density at radius 3 is 2.68 bits per heavy atom. The first-order valence-electron chi connectivity index (χ1n) is 8.12. The monoisotopic (exact) mass is 358 g/mol. The number of furan rings is 1. The summed E-state index contributed by atoms with van der Waals surface area (Å²) in [7, 11) is 3.30. The number of methoxy groups -OCH3 is 2. The Balaban J connectivity index is 1.50. The zero-order chi connectivity index (χ0) is 17.6. The third-order valence-electron chi connectivity index (χ3n) is 3.85. The second kappa shape index (κ2) is 8.18. The summed E-state index contributed by atoms with van der Waals surface area (Å²) in [5.74, 6) is 3.31. The molecule has 0 amide bonds. The molecule has 0 atom stereocenters. The van der Waals surface area contributed by atoms with E-state index in [0.717, 1.165) is 52.4 Å². The maximum Gasteiger partial charge on any atom is 0.160 e. The fraction of sp³-hybridized carbons (Fsp3) is 0.316. The summed E-state index contributed by atoms with van der Waals surface area (Å²) < 4.78 is 16.2. The fourth-order valence-corrected chi connectivity index (χ4v) is 3.39.